The molecule has 1 aromatic carbocycles. The van der Waals surface area contributed by atoms with E-state index in [0.29, 0.717) is 13.2 Å². The minimum absolute atomic E-state index is 0.00241. The molecule has 27 heavy (non-hydrogen) atoms. The molecule has 3 rings (SSSR count). The first-order chi connectivity index (χ1) is 13.0. The van der Waals surface area contributed by atoms with Crippen LogP contribution in [0.3, 0.4) is 0 Å². The van der Waals surface area contributed by atoms with E-state index >= 15 is 0 Å². The van der Waals surface area contributed by atoms with E-state index in [0.717, 1.165) is 17.9 Å². The minimum atomic E-state index is -0.752. The maximum absolute atomic E-state index is 12.9. The number of amides is 1. The van der Waals surface area contributed by atoms with Crippen molar-refractivity contribution in [3.63, 3.8) is 0 Å². The lowest BCUT2D eigenvalue weighted by Gasteiger charge is -2.29. The van der Waals surface area contributed by atoms with Gasteiger partial charge in [-0.15, -0.1) is 0 Å². The summed E-state index contributed by atoms with van der Waals surface area (Å²) < 4.78 is 10.8. The summed E-state index contributed by atoms with van der Waals surface area (Å²) in [6.07, 6.45) is 4.45. The number of carbonyl (C=O) groups is 1. The third-order valence-corrected chi connectivity index (χ3v) is 4.88. The maximum atomic E-state index is 12.9. The number of aromatic nitrogens is 1. The van der Waals surface area contributed by atoms with Gasteiger partial charge in [-0.3, -0.25) is 9.78 Å². The Bertz CT molecular complexity index is 747. The molecule has 1 aromatic heterocycles. The van der Waals surface area contributed by atoms with E-state index < -0.39 is 5.54 Å². The predicted octanol–water partition coefficient (Wildman–Crippen LogP) is 2.65. The van der Waals surface area contributed by atoms with Crippen molar-refractivity contribution in [2.75, 3.05) is 25.6 Å². The van der Waals surface area contributed by atoms with Crippen LogP contribution in [0.5, 0.6) is 5.75 Å². The number of hydrogen-bond acceptors (Lipinski definition) is 5. The number of hydrogen-bond donors (Lipinski definition) is 2. The molecule has 144 valence electrons. The van der Waals surface area contributed by atoms with Crippen molar-refractivity contribution in [3.05, 3.63) is 54.4 Å². The predicted molar refractivity (Wildman–Crippen MR) is 105 cm³/mol. The molecule has 2 heterocycles. The van der Waals surface area contributed by atoms with Gasteiger partial charge in [0.1, 0.15) is 11.3 Å². The second-order valence-corrected chi connectivity index (χ2v) is 7.42. The standard InChI is InChI=1S/C21H27N3O3/c1-21(2,24-17-4-6-18(26-3)7-5-17)20(25)23-19-14-27-13-16(19)12-15-8-10-22-11-9-15/h4-11,16,19,24H,12-14H2,1-3H3,(H,23,25)/t16-,19-/m1/s1. The van der Waals surface area contributed by atoms with Gasteiger partial charge in [0.2, 0.25) is 5.91 Å². The third-order valence-electron chi connectivity index (χ3n) is 4.88. The van der Waals surface area contributed by atoms with Gasteiger partial charge in [-0.25, -0.2) is 0 Å². The zero-order chi connectivity index (χ0) is 19.3. The van der Waals surface area contributed by atoms with E-state index in [1.165, 1.54) is 5.56 Å². The molecule has 2 aromatic rings. The summed E-state index contributed by atoms with van der Waals surface area (Å²) >= 11 is 0. The number of benzene rings is 1. The zero-order valence-electron chi connectivity index (χ0n) is 16.1. The van der Waals surface area contributed by atoms with Crippen LogP contribution in [0.1, 0.15) is 19.4 Å². The molecular weight excluding hydrogens is 342 g/mol. The van der Waals surface area contributed by atoms with E-state index in [9.17, 15) is 4.79 Å². The van der Waals surface area contributed by atoms with Gasteiger partial charge in [0, 0.05) is 24.0 Å². The highest BCUT2D eigenvalue weighted by Gasteiger charge is 2.34. The molecule has 0 aliphatic carbocycles. The molecule has 1 amide bonds. The molecule has 6 nitrogen and oxygen atoms in total. The smallest absolute Gasteiger partial charge is 0.245 e. The Morgan fingerprint density at radius 1 is 1.19 bits per heavy atom. The van der Waals surface area contributed by atoms with Gasteiger partial charge in [-0.2, -0.15) is 0 Å². The van der Waals surface area contributed by atoms with Crippen LogP contribution in [0, 0.1) is 5.92 Å². The van der Waals surface area contributed by atoms with Crippen LogP contribution in [-0.4, -0.2) is 42.8 Å². The van der Waals surface area contributed by atoms with E-state index in [1.54, 1.807) is 19.5 Å². The second kappa shape index (κ2) is 8.39. The molecule has 0 bridgehead atoms. The van der Waals surface area contributed by atoms with Crippen LogP contribution >= 0.6 is 0 Å². The Balaban J connectivity index is 1.60. The van der Waals surface area contributed by atoms with E-state index in [2.05, 4.69) is 15.6 Å². The van der Waals surface area contributed by atoms with Gasteiger partial charge in [0.25, 0.3) is 0 Å². The fraction of sp³-hybridized carbons (Fsp3) is 0.429. The molecule has 1 saturated heterocycles. The van der Waals surface area contributed by atoms with Gasteiger partial charge in [0.05, 0.1) is 26.4 Å². The Morgan fingerprint density at radius 3 is 2.56 bits per heavy atom. The van der Waals surface area contributed by atoms with Crippen molar-refractivity contribution >= 4 is 11.6 Å². The number of carbonyl (C=O) groups excluding carboxylic acids is 1. The zero-order valence-corrected chi connectivity index (χ0v) is 16.1. The SMILES string of the molecule is COc1ccc(NC(C)(C)C(=O)N[C@@H]2COC[C@H]2Cc2ccncc2)cc1. The Morgan fingerprint density at radius 2 is 1.89 bits per heavy atom. The fourth-order valence-corrected chi connectivity index (χ4v) is 3.22. The summed E-state index contributed by atoms with van der Waals surface area (Å²) in [5.74, 6) is 0.992. The molecule has 0 saturated carbocycles. The number of anilines is 1. The van der Waals surface area contributed by atoms with Gasteiger partial charge in [0.15, 0.2) is 0 Å². The average molecular weight is 369 g/mol. The first-order valence-corrected chi connectivity index (χ1v) is 9.18. The van der Waals surface area contributed by atoms with Crippen molar-refractivity contribution in [1.82, 2.24) is 10.3 Å². The molecule has 0 radical (unpaired) electrons. The lowest BCUT2D eigenvalue weighted by molar-refractivity contribution is -0.125. The number of rotatable bonds is 7. The monoisotopic (exact) mass is 369 g/mol. The Hall–Kier alpha value is -2.60. The van der Waals surface area contributed by atoms with Crippen molar-refractivity contribution in [3.8, 4) is 5.75 Å². The molecular formula is C21H27N3O3. The highest BCUT2D eigenvalue weighted by molar-refractivity contribution is 5.88. The number of nitrogens with one attached hydrogen (secondary N) is 2. The van der Waals surface area contributed by atoms with Gasteiger partial charge in [-0.1, -0.05) is 0 Å². The highest BCUT2D eigenvalue weighted by atomic mass is 16.5. The van der Waals surface area contributed by atoms with E-state index in [4.69, 9.17) is 9.47 Å². The summed E-state index contributed by atoms with van der Waals surface area (Å²) in [7, 11) is 1.63. The molecule has 1 aliphatic heterocycles. The number of ether oxygens (including phenoxy) is 2. The Kier molecular flexibility index (Phi) is 5.96. The summed E-state index contributed by atoms with van der Waals surface area (Å²) in [5.41, 5.74) is 1.32. The van der Waals surface area contributed by atoms with E-state index in [-0.39, 0.29) is 17.9 Å². The molecule has 2 N–H and O–H groups in total. The molecule has 1 fully saturated rings. The quantitative estimate of drug-likeness (QED) is 0.785. The van der Waals surface area contributed by atoms with Crippen molar-refractivity contribution in [2.24, 2.45) is 5.92 Å². The van der Waals surface area contributed by atoms with Crippen LogP contribution < -0.4 is 15.4 Å². The third kappa shape index (κ3) is 4.98. The normalized spacial score (nSPS) is 19.5. The summed E-state index contributed by atoms with van der Waals surface area (Å²) in [4.78, 5) is 16.9. The molecule has 0 unspecified atom stereocenters. The number of pyridine rings is 1. The lowest BCUT2D eigenvalue weighted by atomic mass is 9.94. The van der Waals surface area contributed by atoms with Gasteiger partial charge < -0.3 is 20.1 Å². The van der Waals surface area contributed by atoms with Crippen molar-refractivity contribution < 1.29 is 14.3 Å². The van der Waals surface area contributed by atoms with Crippen LogP contribution in [0.25, 0.3) is 0 Å². The summed E-state index contributed by atoms with van der Waals surface area (Å²) in [6.45, 7) is 4.94. The van der Waals surface area contributed by atoms with Crippen molar-refractivity contribution in [2.45, 2.75) is 31.8 Å². The maximum Gasteiger partial charge on any atom is 0.245 e. The largest absolute Gasteiger partial charge is 0.497 e. The van der Waals surface area contributed by atoms with Gasteiger partial charge in [-0.05, 0) is 62.2 Å². The number of nitrogens with zero attached hydrogens (tertiary/aromatic N) is 1. The highest BCUT2D eigenvalue weighted by Crippen LogP contribution is 2.22. The molecule has 2 atom stereocenters. The Labute approximate surface area is 160 Å². The summed E-state index contributed by atoms with van der Waals surface area (Å²) in [5, 5.41) is 6.46. The topological polar surface area (TPSA) is 72.5 Å². The van der Waals surface area contributed by atoms with E-state index in [1.807, 2.05) is 50.2 Å². The molecule has 6 heteroatoms. The van der Waals surface area contributed by atoms with Crippen LogP contribution in [0.2, 0.25) is 0 Å². The van der Waals surface area contributed by atoms with Crippen molar-refractivity contribution in [1.29, 1.82) is 0 Å². The fourth-order valence-electron chi connectivity index (χ4n) is 3.22. The minimum Gasteiger partial charge on any atom is -0.497 e. The summed E-state index contributed by atoms with van der Waals surface area (Å²) in [6, 6.07) is 11.6. The van der Waals surface area contributed by atoms with Crippen LogP contribution in [-0.2, 0) is 16.0 Å². The first kappa shape index (κ1) is 19.2. The molecule has 1 aliphatic rings. The lowest BCUT2D eigenvalue weighted by Crippen LogP contribution is -2.53. The average Bonchev–Trinajstić information content (AvgIpc) is 3.09. The van der Waals surface area contributed by atoms with Crippen LogP contribution in [0.15, 0.2) is 48.8 Å². The first-order valence-electron chi connectivity index (χ1n) is 9.18. The van der Waals surface area contributed by atoms with Crippen LogP contribution in [0.4, 0.5) is 5.69 Å². The second-order valence-electron chi connectivity index (χ2n) is 7.42. The van der Waals surface area contributed by atoms with Gasteiger partial charge >= 0.3 is 0 Å². The molecule has 0 spiro atoms. The number of methoxy groups -OCH3 is 1.